The molecule has 6 heteroatoms. The van der Waals surface area contributed by atoms with Crippen molar-refractivity contribution in [3.8, 4) is 11.1 Å². The van der Waals surface area contributed by atoms with Crippen LogP contribution in [0.2, 0.25) is 0 Å². The number of rotatable bonds is 4. The molecule has 1 unspecified atom stereocenters. The van der Waals surface area contributed by atoms with Gasteiger partial charge in [-0.05, 0) is 67.6 Å². The summed E-state index contributed by atoms with van der Waals surface area (Å²) in [6, 6.07) is 14.2. The molecule has 0 aromatic heterocycles. The molecule has 1 atom stereocenters. The van der Waals surface area contributed by atoms with Crippen molar-refractivity contribution in [3.63, 3.8) is 0 Å². The lowest BCUT2D eigenvalue weighted by Gasteiger charge is -2.38. The topological polar surface area (TPSA) is 52.7 Å². The van der Waals surface area contributed by atoms with Gasteiger partial charge in [-0.3, -0.25) is 14.5 Å². The number of halogens is 1. The number of likely N-dealkylation sites (tertiary alicyclic amines) is 2. The van der Waals surface area contributed by atoms with E-state index in [2.05, 4.69) is 10.2 Å². The molecule has 2 fully saturated rings. The zero-order valence-corrected chi connectivity index (χ0v) is 17.3. The van der Waals surface area contributed by atoms with Gasteiger partial charge in [0.25, 0.3) is 0 Å². The van der Waals surface area contributed by atoms with Gasteiger partial charge in [0.2, 0.25) is 11.8 Å². The van der Waals surface area contributed by atoms with Gasteiger partial charge in [-0.15, -0.1) is 0 Å². The largest absolute Gasteiger partial charge is 0.343 e. The Morgan fingerprint density at radius 1 is 0.967 bits per heavy atom. The molecule has 2 saturated heterocycles. The second-order valence-corrected chi connectivity index (χ2v) is 8.21. The lowest BCUT2D eigenvalue weighted by molar-refractivity contribution is -0.131. The number of carbonyl (C=O) groups excluding carboxylic acids is 2. The highest BCUT2D eigenvalue weighted by Gasteiger charge is 2.37. The van der Waals surface area contributed by atoms with Crippen LogP contribution in [-0.4, -0.2) is 53.3 Å². The SMILES string of the molecule is CC(=O)N1CCC(N2CCCC2C(=O)Nc2ccc(-c3cccc(F)c3)cc2)CC1. The van der Waals surface area contributed by atoms with Crippen molar-refractivity contribution in [2.45, 2.75) is 44.7 Å². The Bertz CT molecular complexity index is 907. The van der Waals surface area contributed by atoms with Gasteiger partial charge in [0.15, 0.2) is 0 Å². The molecule has 2 aliphatic rings. The Morgan fingerprint density at radius 3 is 2.37 bits per heavy atom. The molecule has 158 valence electrons. The Kier molecular flexibility index (Phi) is 6.13. The lowest BCUT2D eigenvalue weighted by atomic mass is 10.0. The summed E-state index contributed by atoms with van der Waals surface area (Å²) in [4.78, 5) is 28.8. The number of anilines is 1. The van der Waals surface area contributed by atoms with Crippen LogP contribution < -0.4 is 5.32 Å². The molecule has 0 radical (unpaired) electrons. The third-order valence-electron chi connectivity index (χ3n) is 6.29. The van der Waals surface area contributed by atoms with Crippen LogP contribution in [-0.2, 0) is 9.59 Å². The van der Waals surface area contributed by atoms with Crippen LogP contribution >= 0.6 is 0 Å². The van der Waals surface area contributed by atoms with E-state index in [4.69, 9.17) is 0 Å². The summed E-state index contributed by atoms with van der Waals surface area (Å²) in [5.74, 6) is -0.105. The van der Waals surface area contributed by atoms with E-state index in [1.54, 1.807) is 13.0 Å². The van der Waals surface area contributed by atoms with Gasteiger partial charge < -0.3 is 10.2 Å². The standard InChI is InChI=1S/C24H28FN3O2/c1-17(29)27-14-11-22(12-15-27)28-13-3-6-23(28)24(30)26-21-9-7-18(8-10-21)19-4-2-5-20(25)16-19/h2,4-5,7-10,16,22-23H,3,6,11-15H2,1H3,(H,26,30). The van der Waals surface area contributed by atoms with Crippen molar-refractivity contribution in [2.75, 3.05) is 25.0 Å². The predicted molar refractivity (Wildman–Crippen MR) is 115 cm³/mol. The highest BCUT2D eigenvalue weighted by Crippen LogP contribution is 2.28. The molecule has 2 amide bonds. The third-order valence-corrected chi connectivity index (χ3v) is 6.29. The maximum atomic E-state index is 13.4. The molecule has 2 aromatic rings. The zero-order chi connectivity index (χ0) is 21.1. The van der Waals surface area contributed by atoms with Gasteiger partial charge in [-0.2, -0.15) is 0 Å². The maximum absolute atomic E-state index is 13.4. The van der Waals surface area contributed by atoms with E-state index in [9.17, 15) is 14.0 Å². The van der Waals surface area contributed by atoms with Crippen LogP contribution in [0.4, 0.5) is 10.1 Å². The van der Waals surface area contributed by atoms with Crippen LogP contribution in [0.15, 0.2) is 48.5 Å². The van der Waals surface area contributed by atoms with Gasteiger partial charge in [0, 0.05) is 31.7 Å². The smallest absolute Gasteiger partial charge is 0.241 e. The van der Waals surface area contributed by atoms with Crippen LogP contribution in [0.5, 0.6) is 0 Å². The van der Waals surface area contributed by atoms with E-state index in [1.165, 1.54) is 12.1 Å². The average Bonchev–Trinajstić information content (AvgIpc) is 3.24. The van der Waals surface area contributed by atoms with E-state index in [0.717, 1.165) is 62.1 Å². The molecular weight excluding hydrogens is 381 g/mol. The summed E-state index contributed by atoms with van der Waals surface area (Å²) in [7, 11) is 0. The molecule has 2 aliphatic heterocycles. The Morgan fingerprint density at radius 2 is 1.70 bits per heavy atom. The summed E-state index contributed by atoms with van der Waals surface area (Å²) in [5, 5.41) is 3.05. The first kappa shape index (κ1) is 20.5. The molecule has 1 N–H and O–H groups in total. The van der Waals surface area contributed by atoms with E-state index in [1.807, 2.05) is 35.2 Å². The van der Waals surface area contributed by atoms with Crippen molar-refractivity contribution in [3.05, 3.63) is 54.3 Å². The quantitative estimate of drug-likeness (QED) is 0.833. The first-order chi connectivity index (χ1) is 14.5. The number of nitrogens with one attached hydrogen (secondary N) is 1. The van der Waals surface area contributed by atoms with Crippen LogP contribution in [0, 0.1) is 5.82 Å². The van der Waals surface area contributed by atoms with Gasteiger partial charge in [0.05, 0.1) is 6.04 Å². The molecule has 5 nitrogen and oxygen atoms in total. The van der Waals surface area contributed by atoms with Gasteiger partial charge in [0.1, 0.15) is 5.82 Å². The fraction of sp³-hybridized carbons (Fsp3) is 0.417. The number of amides is 2. The Labute approximate surface area is 176 Å². The molecule has 2 aromatic carbocycles. The number of hydrogen-bond acceptors (Lipinski definition) is 3. The summed E-state index contributed by atoms with van der Waals surface area (Å²) >= 11 is 0. The number of hydrogen-bond donors (Lipinski definition) is 1. The van der Waals surface area contributed by atoms with E-state index < -0.39 is 0 Å². The summed E-state index contributed by atoms with van der Waals surface area (Å²) in [6.07, 6.45) is 3.72. The molecule has 30 heavy (non-hydrogen) atoms. The highest BCUT2D eigenvalue weighted by molar-refractivity contribution is 5.95. The van der Waals surface area contributed by atoms with Crippen LogP contribution in [0.1, 0.15) is 32.6 Å². The minimum atomic E-state index is -0.264. The number of piperidine rings is 1. The number of carbonyl (C=O) groups is 2. The van der Waals surface area contributed by atoms with E-state index in [0.29, 0.717) is 6.04 Å². The fourth-order valence-electron chi connectivity index (χ4n) is 4.66. The summed E-state index contributed by atoms with van der Waals surface area (Å²) < 4.78 is 13.4. The van der Waals surface area contributed by atoms with Crippen molar-refractivity contribution in [1.82, 2.24) is 9.80 Å². The van der Waals surface area contributed by atoms with Crippen molar-refractivity contribution < 1.29 is 14.0 Å². The van der Waals surface area contributed by atoms with E-state index >= 15 is 0 Å². The molecule has 4 rings (SSSR count). The minimum absolute atomic E-state index is 0.0278. The second-order valence-electron chi connectivity index (χ2n) is 8.21. The first-order valence-electron chi connectivity index (χ1n) is 10.7. The molecule has 0 spiro atoms. The first-order valence-corrected chi connectivity index (χ1v) is 10.7. The van der Waals surface area contributed by atoms with Crippen molar-refractivity contribution in [2.24, 2.45) is 0 Å². The third kappa shape index (κ3) is 4.54. The minimum Gasteiger partial charge on any atom is -0.343 e. The molecule has 0 saturated carbocycles. The van der Waals surface area contributed by atoms with Gasteiger partial charge >= 0.3 is 0 Å². The predicted octanol–water partition coefficient (Wildman–Crippen LogP) is 3.91. The van der Waals surface area contributed by atoms with E-state index in [-0.39, 0.29) is 23.7 Å². The number of nitrogens with zero attached hydrogens (tertiary/aromatic N) is 2. The number of benzene rings is 2. The highest BCUT2D eigenvalue weighted by atomic mass is 19.1. The normalized spacial score (nSPS) is 20.3. The monoisotopic (exact) mass is 409 g/mol. The van der Waals surface area contributed by atoms with Gasteiger partial charge in [-0.1, -0.05) is 24.3 Å². The molecular formula is C24H28FN3O2. The Balaban J connectivity index is 1.38. The lowest BCUT2D eigenvalue weighted by Crippen LogP contribution is -2.50. The molecule has 0 bridgehead atoms. The van der Waals surface area contributed by atoms with Crippen molar-refractivity contribution >= 4 is 17.5 Å². The summed E-state index contributed by atoms with van der Waals surface area (Å²) in [5.41, 5.74) is 2.47. The second kappa shape index (κ2) is 8.96. The molecule has 0 aliphatic carbocycles. The maximum Gasteiger partial charge on any atom is 0.241 e. The fourth-order valence-corrected chi connectivity index (χ4v) is 4.66. The van der Waals surface area contributed by atoms with Crippen LogP contribution in [0.25, 0.3) is 11.1 Å². The van der Waals surface area contributed by atoms with Gasteiger partial charge in [-0.25, -0.2) is 4.39 Å². The zero-order valence-electron chi connectivity index (χ0n) is 17.3. The van der Waals surface area contributed by atoms with Crippen LogP contribution in [0.3, 0.4) is 0 Å². The van der Waals surface area contributed by atoms with Crippen molar-refractivity contribution in [1.29, 1.82) is 0 Å². The Hall–Kier alpha value is -2.73. The molecule has 2 heterocycles. The summed E-state index contributed by atoms with van der Waals surface area (Å²) in [6.45, 7) is 4.09. The average molecular weight is 410 g/mol.